The van der Waals surface area contributed by atoms with E-state index in [1.807, 2.05) is 129 Å². The lowest BCUT2D eigenvalue weighted by Crippen LogP contribution is -2.35. The Morgan fingerprint density at radius 3 is 1.33 bits per heavy atom. The fourth-order valence-corrected chi connectivity index (χ4v) is 21.2. The van der Waals surface area contributed by atoms with Crippen LogP contribution in [0.2, 0.25) is 0 Å². The summed E-state index contributed by atoms with van der Waals surface area (Å²) in [6.07, 6.45) is 13.1. The maximum absolute atomic E-state index is 13.6. The summed E-state index contributed by atoms with van der Waals surface area (Å²) in [4.78, 5) is 53.2. The molecular formula is C123H96O13. The predicted molar refractivity (Wildman–Crippen MR) is 538 cm³/mol. The fraction of sp³-hybridized carbons (Fsp3) is 0.138. The van der Waals surface area contributed by atoms with E-state index in [2.05, 4.69) is 193 Å². The van der Waals surface area contributed by atoms with Crippen LogP contribution in [0.1, 0.15) is 192 Å². The van der Waals surface area contributed by atoms with Gasteiger partial charge >= 0.3 is 0 Å². The highest BCUT2D eigenvalue weighted by Gasteiger charge is 2.43. The Hall–Kier alpha value is -16.2. The Balaban J connectivity index is 0.000000109. The summed E-state index contributed by atoms with van der Waals surface area (Å²) in [5, 5.41) is 66.5. The first-order chi connectivity index (χ1) is 65.8. The number of benzene rings is 13. The van der Waals surface area contributed by atoms with E-state index in [4.69, 9.17) is 13.6 Å². The summed E-state index contributed by atoms with van der Waals surface area (Å²) in [6.45, 7) is 16.8. The van der Waals surface area contributed by atoms with E-state index in [0.717, 1.165) is 138 Å². The number of phenols is 2. The average molecular weight is 1780 g/mol. The van der Waals surface area contributed by atoms with Crippen LogP contribution in [0.4, 0.5) is 0 Å². The van der Waals surface area contributed by atoms with Gasteiger partial charge in [0.15, 0.2) is 17.0 Å². The number of fused-ring (bicyclic) bond motifs is 13. The van der Waals surface area contributed by atoms with Crippen molar-refractivity contribution in [1.29, 1.82) is 0 Å². The van der Waals surface area contributed by atoms with Crippen molar-refractivity contribution in [2.24, 2.45) is 0 Å². The van der Waals surface area contributed by atoms with Gasteiger partial charge in [0, 0.05) is 57.3 Å². The van der Waals surface area contributed by atoms with Crippen LogP contribution in [-0.2, 0) is 46.4 Å². The molecule has 2 atom stereocenters. The standard InChI is InChI=1S/3C31H24O4.C30H24O/c1-17-3-9-24-21(11-17)13-22-12-18(2)4-10-25(22)29(24)20-7-5-19(6-8-20)26-16-35-28-15-23(32)14-27(33)30(28)31(26)34;1-17-8-10-22-20(12-17)14-21-13-18(2)9-11-23(21)28(22)30-25(33)16-27-29(31(30)34)24(32)15-26(35-27)19-6-4-3-5-7-19;1-17-8-10-22-20(12-17)14-21-13-18(2)9-11-23(21)28(22)30-25(33)15-24(32)29-26(34)16-27(35-31(29)30)19-6-4-3-5-7-19;1-18-7-10-25-22(13-18)17-23-14-19(2)8-11-26(23)29(25)21-9-12-28-24(16-21)15-20-5-3-4-6-27(20)30(28)31/h3-7,9-12,14-16,32-33H,8,13H2,1-2H3;3-13,15,27,34H,14,16H2,1-2H3;3-13,15-16,24,32-33H,14H2,1-2H3;3-14,16,31H,15,17H2,1-2H3. The highest BCUT2D eigenvalue weighted by atomic mass is 16.5. The number of ether oxygens (including phenoxy) is 1. The topological polar surface area (TPSA) is 225 Å². The fourth-order valence-electron chi connectivity index (χ4n) is 21.2. The Labute approximate surface area is 787 Å². The maximum Gasteiger partial charge on any atom is 0.204 e. The highest BCUT2D eigenvalue weighted by Crippen LogP contribution is 2.50. The predicted octanol–water partition coefficient (Wildman–Crippen LogP) is 23.7. The second-order valence-corrected chi connectivity index (χ2v) is 37.2. The van der Waals surface area contributed by atoms with Crippen molar-refractivity contribution in [3.05, 3.63) is 535 Å². The number of carbonyl (C=O) groups excluding carboxylic acids is 2. The van der Waals surface area contributed by atoms with Crippen LogP contribution in [0.25, 0.3) is 67.2 Å². The van der Waals surface area contributed by atoms with Crippen LogP contribution in [0.15, 0.2) is 350 Å². The molecule has 666 valence electrons. The molecule has 0 saturated carbocycles. The average Bonchev–Trinajstić information content (AvgIpc) is 0.726. The zero-order valence-corrected chi connectivity index (χ0v) is 76.5. The molecule has 0 spiro atoms. The third-order valence-corrected chi connectivity index (χ3v) is 27.5. The van der Waals surface area contributed by atoms with Crippen molar-refractivity contribution >= 4 is 67.5 Å². The van der Waals surface area contributed by atoms with Crippen molar-refractivity contribution in [1.82, 2.24) is 0 Å². The number of ketones is 2. The number of hydrogen-bond acceptors (Lipinski definition) is 13. The summed E-state index contributed by atoms with van der Waals surface area (Å²) >= 11 is 0. The van der Waals surface area contributed by atoms with Gasteiger partial charge in [-0.05, 0) is 228 Å². The first-order valence-electron chi connectivity index (χ1n) is 46.1. The van der Waals surface area contributed by atoms with Crippen LogP contribution in [0.3, 0.4) is 0 Å². The number of carbonyl (C=O) groups is 2. The molecule has 6 N–H and O–H groups in total. The molecule has 2 unspecified atom stereocenters. The first kappa shape index (κ1) is 86.5. The summed E-state index contributed by atoms with van der Waals surface area (Å²) in [6, 6.07) is 89.1. The minimum Gasteiger partial charge on any atom is -0.508 e. The molecule has 0 radical (unpaired) electrons. The van der Waals surface area contributed by atoms with Gasteiger partial charge in [0.2, 0.25) is 5.43 Å². The van der Waals surface area contributed by atoms with E-state index >= 15 is 0 Å². The van der Waals surface area contributed by atoms with E-state index < -0.39 is 12.2 Å². The minimum absolute atomic E-state index is 0.00344. The van der Waals surface area contributed by atoms with Crippen LogP contribution in [0.5, 0.6) is 11.5 Å². The Morgan fingerprint density at radius 1 is 0.382 bits per heavy atom. The largest absolute Gasteiger partial charge is 0.508 e. The lowest BCUT2D eigenvalue weighted by molar-refractivity contribution is -0.118. The smallest absolute Gasteiger partial charge is 0.204 e. The van der Waals surface area contributed by atoms with Gasteiger partial charge in [-0.3, -0.25) is 19.2 Å². The minimum atomic E-state index is -1.26. The number of allylic oxidation sites excluding steroid dienone is 8. The molecule has 0 saturated heterocycles. The van der Waals surface area contributed by atoms with Gasteiger partial charge in [0.05, 0.1) is 34.3 Å². The monoisotopic (exact) mass is 1780 g/mol. The van der Waals surface area contributed by atoms with Gasteiger partial charge in [0.25, 0.3) is 0 Å². The Morgan fingerprint density at radius 2 is 0.838 bits per heavy atom. The summed E-state index contributed by atoms with van der Waals surface area (Å²) in [7, 11) is 0. The van der Waals surface area contributed by atoms with Gasteiger partial charge in [0.1, 0.15) is 75.5 Å². The van der Waals surface area contributed by atoms with Crippen LogP contribution in [0, 0.1) is 55.4 Å². The third kappa shape index (κ3) is 15.8. The molecule has 8 aliphatic carbocycles. The van der Waals surface area contributed by atoms with Gasteiger partial charge in [-0.25, -0.2) is 0 Å². The molecule has 9 aliphatic rings. The maximum atomic E-state index is 13.6. The number of Topliss-reactive ketones (excluding diaryl/α,β-unsaturated/α-hetero) is 1. The molecule has 136 heavy (non-hydrogen) atoms. The van der Waals surface area contributed by atoms with E-state index in [1.165, 1.54) is 130 Å². The molecule has 15 aromatic rings. The number of aromatic hydroxyl groups is 2. The van der Waals surface area contributed by atoms with Crippen molar-refractivity contribution in [2.75, 3.05) is 0 Å². The van der Waals surface area contributed by atoms with E-state index in [9.17, 15) is 49.8 Å². The highest BCUT2D eigenvalue weighted by molar-refractivity contribution is 6.18. The quantitative estimate of drug-likeness (QED) is 0.0907. The first-order valence-corrected chi connectivity index (χ1v) is 46.1. The third-order valence-electron chi connectivity index (χ3n) is 27.5. The molecule has 0 fully saturated rings. The molecule has 0 bridgehead atoms. The van der Waals surface area contributed by atoms with Gasteiger partial charge in [-0.1, -0.05) is 311 Å². The summed E-state index contributed by atoms with van der Waals surface area (Å²) < 4.78 is 18.0. The second kappa shape index (κ2) is 34.7. The summed E-state index contributed by atoms with van der Waals surface area (Å²) in [5.41, 5.74) is 40.3. The Bertz CT molecular complexity index is 8050. The molecular weight excluding hydrogens is 1690 g/mol. The van der Waals surface area contributed by atoms with Gasteiger partial charge < -0.3 is 44.2 Å². The molecule has 3 heterocycles. The normalized spacial score (nSPS) is 16.0. The number of hydrogen-bond donors (Lipinski definition) is 6. The lowest BCUT2D eigenvalue weighted by Gasteiger charge is -2.33. The zero-order chi connectivity index (χ0) is 93.9. The Kier molecular flexibility index (Phi) is 22.1. The molecule has 13 aromatic carbocycles. The molecule has 1 aliphatic heterocycles. The molecule has 24 rings (SSSR count). The zero-order valence-electron chi connectivity index (χ0n) is 76.5. The lowest BCUT2D eigenvalue weighted by atomic mass is 9.75. The number of rotatable bonds is 3. The van der Waals surface area contributed by atoms with Crippen LogP contribution < -0.4 is 21.3 Å². The SMILES string of the molecule is Cc1ccc2c(c1)Cc1cc(C)ccc1C2=C1C(=O)CC2OC(c3ccccc3)=CC(=O)C2=C1O.Cc1ccc2c(c1)Cc1cc(C)ccc1C2=C1C(O)=CC(O)c2c1oc(-c1ccccc1)cc2=O.Cc1ccc2c(c1)Cc1cc(C)ccc1C2=C1C=CC(c2coc3cc(O)cc(O)c3c2=O)=CC1.Cc1ccc2c(c1)Cc1cc(C)ccc1C2=c1ccc2c(c1)Cc1ccccc1C=2O. The molecule has 13 nitrogen and oxygen atoms in total. The number of aliphatic hydroxyl groups excluding tert-OH is 4. The number of phenolic OH excluding ortho intramolecular Hbond substituents is 2. The van der Waals surface area contributed by atoms with Crippen molar-refractivity contribution in [3.8, 4) is 22.8 Å². The van der Waals surface area contributed by atoms with Crippen LogP contribution in [-0.4, -0.2) is 48.3 Å². The van der Waals surface area contributed by atoms with E-state index in [1.54, 1.807) is 0 Å². The second-order valence-electron chi connectivity index (χ2n) is 37.2. The number of aryl methyl sites for hydroxylation is 8. The van der Waals surface area contributed by atoms with E-state index in [-0.39, 0.29) is 85.3 Å². The van der Waals surface area contributed by atoms with Crippen molar-refractivity contribution in [3.63, 3.8) is 0 Å². The van der Waals surface area contributed by atoms with Crippen molar-refractivity contribution < 1.29 is 53.8 Å². The molecule has 13 heteroatoms. The van der Waals surface area contributed by atoms with Crippen molar-refractivity contribution in [2.45, 2.75) is 113 Å². The van der Waals surface area contributed by atoms with E-state index in [0.29, 0.717) is 40.4 Å². The van der Waals surface area contributed by atoms with Crippen LogP contribution >= 0.6 is 0 Å². The van der Waals surface area contributed by atoms with Gasteiger partial charge in [-0.15, -0.1) is 0 Å². The molecule has 0 amide bonds. The number of aliphatic hydroxyl groups is 4. The van der Waals surface area contributed by atoms with Gasteiger partial charge in [-0.2, -0.15) is 0 Å². The summed E-state index contributed by atoms with van der Waals surface area (Å²) in [5.74, 6) is 0.0299. The molecule has 2 aromatic heterocycles.